The van der Waals surface area contributed by atoms with Gasteiger partial charge in [0.05, 0.1) is 25.9 Å². The number of aryl methyl sites for hydroxylation is 1. The monoisotopic (exact) mass is 571 g/mol. The molecule has 0 radical (unpaired) electrons. The zero-order valence-electron chi connectivity index (χ0n) is 21.6. The Kier molecular flexibility index (Phi) is 9.36. The molecule has 2 fully saturated rings. The van der Waals surface area contributed by atoms with Crippen molar-refractivity contribution < 1.29 is 41.7 Å². The van der Waals surface area contributed by atoms with Gasteiger partial charge in [-0.3, -0.25) is 23.7 Å². The second-order valence-corrected chi connectivity index (χ2v) is 10.8. The Hall–Kier alpha value is -2.87. The van der Waals surface area contributed by atoms with E-state index < -0.39 is 68.5 Å². The number of halogens is 1. The normalized spacial score (nSPS) is 26.1. The van der Waals surface area contributed by atoms with Crippen LogP contribution < -0.4 is 20.9 Å². The van der Waals surface area contributed by atoms with Crippen LogP contribution in [0.5, 0.6) is 5.75 Å². The minimum atomic E-state index is -4.18. The van der Waals surface area contributed by atoms with Gasteiger partial charge in [-0.05, 0) is 32.4 Å². The third kappa shape index (κ3) is 7.21. The summed E-state index contributed by atoms with van der Waals surface area (Å²) in [6.45, 7) is 4.57. The molecule has 3 heterocycles. The highest BCUT2D eigenvalue weighted by atomic mass is 31.2. The SMILES string of the molecule is CC(=O)O[C@@H]1[C@@H](F)[C@@H](n2cc(C)c(=O)[nH]c2=O)O[C@H]1COP(=O)(N[C@@H](C)C1OCCCO1)Oc1ccccc1. The van der Waals surface area contributed by atoms with Gasteiger partial charge in [-0.15, -0.1) is 0 Å². The van der Waals surface area contributed by atoms with Gasteiger partial charge in [-0.25, -0.2) is 18.8 Å². The molecule has 1 aromatic carbocycles. The molecule has 39 heavy (non-hydrogen) atoms. The minimum Gasteiger partial charge on any atom is -0.456 e. The summed E-state index contributed by atoms with van der Waals surface area (Å²) in [5, 5.41) is 2.78. The minimum absolute atomic E-state index is 0.139. The lowest BCUT2D eigenvalue weighted by Crippen LogP contribution is -2.43. The number of carbonyl (C=O) groups is 1. The first-order chi connectivity index (χ1) is 18.6. The van der Waals surface area contributed by atoms with Gasteiger partial charge in [-0.2, -0.15) is 0 Å². The van der Waals surface area contributed by atoms with Crippen molar-refractivity contribution in [3.63, 3.8) is 0 Å². The molecule has 0 saturated carbocycles. The fourth-order valence-electron chi connectivity index (χ4n) is 4.15. The van der Waals surface area contributed by atoms with Crippen LogP contribution in [0.3, 0.4) is 0 Å². The Morgan fingerprint density at radius 3 is 2.62 bits per heavy atom. The summed E-state index contributed by atoms with van der Waals surface area (Å²) in [7, 11) is -4.18. The van der Waals surface area contributed by atoms with Crippen LogP contribution in [0.4, 0.5) is 4.39 Å². The number of para-hydroxylation sites is 1. The van der Waals surface area contributed by atoms with Gasteiger partial charge in [0.25, 0.3) is 5.56 Å². The van der Waals surface area contributed by atoms with Crippen LogP contribution in [0.1, 0.15) is 32.1 Å². The van der Waals surface area contributed by atoms with E-state index in [-0.39, 0.29) is 11.3 Å². The summed E-state index contributed by atoms with van der Waals surface area (Å²) in [4.78, 5) is 38.0. The lowest BCUT2D eigenvalue weighted by Gasteiger charge is -2.31. The maximum Gasteiger partial charge on any atom is 0.459 e. The molecule has 15 heteroatoms. The molecule has 2 aliphatic rings. The Bertz CT molecular complexity index is 1300. The van der Waals surface area contributed by atoms with Crippen LogP contribution in [-0.4, -0.2) is 66.1 Å². The maximum absolute atomic E-state index is 15.5. The van der Waals surface area contributed by atoms with Crippen LogP contribution in [0, 0.1) is 6.92 Å². The quantitative estimate of drug-likeness (QED) is 0.317. The van der Waals surface area contributed by atoms with Gasteiger partial charge in [-0.1, -0.05) is 18.2 Å². The molecule has 4 rings (SSSR count). The van der Waals surface area contributed by atoms with Crippen molar-refractivity contribution >= 4 is 13.7 Å². The first-order valence-corrected chi connectivity index (χ1v) is 13.9. The average molecular weight is 571 g/mol. The van der Waals surface area contributed by atoms with E-state index in [2.05, 4.69) is 10.1 Å². The molecule has 6 atom stereocenters. The highest BCUT2D eigenvalue weighted by Crippen LogP contribution is 2.46. The van der Waals surface area contributed by atoms with E-state index in [0.29, 0.717) is 13.2 Å². The molecule has 2 aliphatic heterocycles. The predicted octanol–water partition coefficient (Wildman–Crippen LogP) is 1.96. The lowest BCUT2D eigenvalue weighted by atomic mass is 10.1. The summed E-state index contributed by atoms with van der Waals surface area (Å²) in [6, 6.07) is 7.60. The van der Waals surface area contributed by atoms with Gasteiger partial charge < -0.3 is 23.5 Å². The molecule has 0 spiro atoms. The van der Waals surface area contributed by atoms with Crippen LogP contribution >= 0.6 is 7.75 Å². The van der Waals surface area contributed by atoms with E-state index in [4.69, 9.17) is 28.0 Å². The topological polar surface area (TPSA) is 156 Å². The molecule has 0 bridgehead atoms. The van der Waals surface area contributed by atoms with E-state index in [9.17, 15) is 18.9 Å². The molecule has 214 valence electrons. The zero-order valence-corrected chi connectivity index (χ0v) is 22.5. The van der Waals surface area contributed by atoms with Crippen LogP contribution in [0.2, 0.25) is 0 Å². The second-order valence-electron chi connectivity index (χ2n) is 9.14. The van der Waals surface area contributed by atoms with Crippen LogP contribution in [-0.2, 0) is 32.8 Å². The zero-order chi connectivity index (χ0) is 28.2. The van der Waals surface area contributed by atoms with Crippen molar-refractivity contribution in [3.05, 3.63) is 62.9 Å². The molecule has 2 aromatic rings. The number of nitrogens with zero attached hydrogens (tertiary/aromatic N) is 1. The van der Waals surface area contributed by atoms with E-state index >= 15 is 4.39 Å². The number of alkyl halides is 1. The molecule has 2 saturated heterocycles. The van der Waals surface area contributed by atoms with E-state index in [1.54, 1.807) is 37.3 Å². The summed E-state index contributed by atoms with van der Waals surface area (Å²) >= 11 is 0. The van der Waals surface area contributed by atoms with Crippen molar-refractivity contribution in [2.24, 2.45) is 0 Å². The molecule has 1 unspecified atom stereocenters. The maximum atomic E-state index is 15.5. The molecule has 1 aromatic heterocycles. The third-order valence-corrected chi connectivity index (χ3v) is 7.65. The first-order valence-electron chi connectivity index (χ1n) is 12.4. The van der Waals surface area contributed by atoms with Crippen LogP contribution in [0.15, 0.2) is 46.1 Å². The van der Waals surface area contributed by atoms with Gasteiger partial charge in [0.2, 0.25) is 0 Å². The van der Waals surface area contributed by atoms with Gasteiger partial charge in [0.15, 0.2) is 24.8 Å². The van der Waals surface area contributed by atoms with E-state index in [1.807, 2.05) is 0 Å². The van der Waals surface area contributed by atoms with Crippen LogP contribution in [0.25, 0.3) is 0 Å². The number of esters is 1. The van der Waals surface area contributed by atoms with Crippen molar-refractivity contribution in [2.45, 2.75) is 64.1 Å². The Labute approximate surface area is 223 Å². The van der Waals surface area contributed by atoms with Crippen molar-refractivity contribution in [3.8, 4) is 5.75 Å². The standard InChI is InChI=1S/C24H31FN3O10P/c1-14-12-28(24(31)26-21(14)30)22-19(25)20(36-16(3)29)18(37-22)13-35-39(32,38-17-8-5-4-6-9-17)27-15(2)23-33-10-7-11-34-23/h4-6,8-9,12,15,18-20,22-23H,7,10-11,13H2,1-3H3,(H,27,32)(H,26,30,31)/t15-,18-,19+,20-,22-,39?/m0/s1. The molecule has 2 N–H and O–H groups in total. The largest absolute Gasteiger partial charge is 0.459 e. The van der Waals surface area contributed by atoms with Crippen molar-refractivity contribution in [1.82, 2.24) is 14.6 Å². The number of rotatable bonds is 10. The molecule has 13 nitrogen and oxygen atoms in total. The van der Waals surface area contributed by atoms with Gasteiger partial charge >= 0.3 is 19.4 Å². The Morgan fingerprint density at radius 2 is 1.95 bits per heavy atom. The summed E-state index contributed by atoms with van der Waals surface area (Å²) in [5.41, 5.74) is -1.41. The number of benzene rings is 1. The average Bonchev–Trinajstić information content (AvgIpc) is 3.20. The number of nitrogens with one attached hydrogen (secondary N) is 2. The van der Waals surface area contributed by atoms with E-state index in [1.165, 1.54) is 6.92 Å². The lowest BCUT2D eigenvalue weighted by molar-refractivity contribution is -0.188. The third-order valence-electron chi connectivity index (χ3n) is 5.99. The second kappa shape index (κ2) is 12.5. The number of H-pyrrole nitrogens is 1. The fraction of sp³-hybridized carbons (Fsp3) is 0.542. The number of aromatic nitrogens is 2. The van der Waals surface area contributed by atoms with Crippen molar-refractivity contribution in [1.29, 1.82) is 0 Å². The highest BCUT2D eigenvalue weighted by molar-refractivity contribution is 7.52. The fourth-order valence-corrected chi connectivity index (χ4v) is 5.69. The molecular formula is C24H31FN3O10P. The predicted molar refractivity (Wildman–Crippen MR) is 134 cm³/mol. The number of carbonyl (C=O) groups excluding carboxylic acids is 1. The Balaban J connectivity index is 1.56. The molecule has 0 aliphatic carbocycles. The highest BCUT2D eigenvalue weighted by Gasteiger charge is 2.50. The van der Waals surface area contributed by atoms with Gasteiger partial charge in [0, 0.05) is 18.7 Å². The van der Waals surface area contributed by atoms with E-state index in [0.717, 1.165) is 24.1 Å². The summed E-state index contributed by atoms with van der Waals surface area (Å²) in [6.07, 6.45) is -5.24. The summed E-state index contributed by atoms with van der Waals surface area (Å²) < 4.78 is 63.6. The Morgan fingerprint density at radius 1 is 1.26 bits per heavy atom. The number of aromatic amines is 1. The summed E-state index contributed by atoms with van der Waals surface area (Å²) in [5.74, 6) is -0.574. The number of hydrogen-bond donors (Lipinski definition) is 2. The molecule has 0 amide bonds. The first kappa shape index (κ1) is 29.1. The van der Waals surface area contributed by atoms with Gasteiger partial charge in [0.1, 0.15) is 11.9 Å². The molecular weight excluding hydrogens is 540 g/mol. The smallest absolute Gasteiger partial charge is 0.456 e. The number of ether oxygens (including phenoxy) is 4. The number of hydrogen-bond acceptors (Lipinski definition) is 10. The van der Waals surface area contributed by atoms with Crippen molar-refractivity contribution in [2.75, 3.05) is 19.8 Å².